The van der Waals surface area contributed by atoms with Crippen molar-refractivity contribution in [1.29, 1.82) is 0 Å². The monoisotopic (exact) mass is 357 g/mol. The van der Waals surface area contributed by atoms with Gasteiger partial charge >= 0.3 is 0 Å². The van der Waals surface area contributed by atoms with Crippen LogP contribution in [0.15, 0.2) is 41.1 Å². The summed E-state index contributed by atoms with van der Waals surface area (Å²) >= 11 is 1.73. The summed E-state index contributed by atoms with van der Waals surface area (Å²) in [4.78, 5) is 2.46. The summed E-state index contributed by atoms with van der Waals surface area (Å²) in [5.74, 6) is 0.878. The molecule has 3 rings (SSSR count). The normalized spacial score (nSPS) is 19.2. The van der Waals surface area contributed by atoms with Crippen molar-refractivity contribution in [3.05, 3.63) is 57.8 Å². The maximum atomic E-state index is 5.86. The lowest BCUT2D eigenvalue weighted by atomic mass is 9.93. The summed E-state index contributed by atoms with van der Waals surface area (Å²) in [5, 5.41) is 4.36. The van der Waals surface area contributed by atoms with Crippen LogP contribution < -0.4 is 4.74 Å². The SMILES string of the molecule is COCOc1ccc(C)cc1/C(=C/C1CCCCN1C)c1ccsc1. The molecule has 0 N–H and O–H groups in total. The molecule has 1 atom stereocenters. The van der Waals surface area contributed by atoms with Gasteiger partial charge in [-0.3, -0.25) is 4.90 Å². The molecule has 1 aromatic heterocycles. The van der Waals surface area contributed by atoms with E-state index in [0.717, 1.165) is 11.3 Å². The van der Waals surface area contributed by atoms with Crippen LogP contribution in [0.25, 0.3) is 5.57 Å². The van der Waals surface area contributed by atoms with Gasteiger partial charge in [0.05, 0.1) is 0 Å². The molecule has 1 saturated heterocycles. The van der Waals surface area contributed by atoms with Gasteiger partial charge in [-0.25, -0.2) is 0 Å². The third-order valence-electron chi connectivity index (χ3n) is 4.78. The predicted octanol–water partition coefficient (Wildman–Crippen LogP) is 4.96. The number of methoxy groups -OCH3 is 1. The Morgan fingerprint density at radius 3 is 2.92 bits per heavy atom. The first-order valence-electron chi connectivity index (χ1n) is 8.86. The summed E-state index contributed by atoms with van der Waals surface area (Å²) in [7, 11) is 3.88. The molecule has 0 saturated carbocycles. The van der Waals surface area contributed by atoms with Gasteiger partial charge in [0.25, 0.3) is 0 Å². The minimum atomic E-state index is 0.260. The van der Waals surface area contributed by atoms with E-state index in [1.165, 1.54) is 42.5 Å². The van der Waals surface area contributed by atoms with E-state index in [1.54, 1.807) is 18.4 Å². The number of rotatable bonds is 6. The highest BCUT2D eigenvalue weighted by molar-refractivity contribution is 7.08. The van der Waals surface area contributed by atoms with E-state index in [0.29, 0.717) is 6.04 Å². The first kappa shape index (κ1) is 18.2. The zero-order chi connectivity index (χ0) is 17.6. The van der Waals surface area contributed by atoms with Gasteiger partial charge < -0.3 is 9.47 Å². The van der Waals surface area contributed by atoms with Crippen molar-refractivity contribution in [2.75, 3.05) is 27.5 Å². The summed E-state index contributed by atoms with van der Waals surface area (Å²) in [5.41, 5.74) is 4.90. The molecule has 0 aliphatic carbocycles. The van der Waals surface area contributed by atoms with Crippen LogP contribution in [0.1, 0.15) is 36.0 Å². The molecular formula is C21H27NO2S. The third-order valence-corrected chi connectivity index (χ3v) is 5.46. The maximum Gasteiger partial charge on any atom is 0.188 e. The molecule has 25 heavy (non-hydrogen) atoms. The first-order chi connectivity index (χ1) is 12.2. The molecule has 0 bridgehead atoms. The zero-order valence-electron chi connectivity index (χ0n) is 15.3. The van der Waals surface area contributed by atoms with Crippen molar-refractivity contribution >= 4 is 16.9 Å². The molecule has 1 fully saturated rings. The van der Waals surface area contributed by atoms with E-state index in [2.05, 4.69) is 60.0 Å². The van der Waals surface area contributed by atoms with E-state index < -0.39 is 0 Å². The smallest absolute Gasteiger partial charge is 0.188 e. The van der Waals surface area contributed by atoms with E-state index in [1.807, 2.05) is 0 Å². The van der Waals surface area contributed by atoms with Gasteiger partial charge in [-0.2, -0.15) is 11.3 Å². The second-order valence-corrected chi connectivity index (χ2v) is 7.47. The number of piperidine rings is 1. The molecule has 134 valence electrons. The van der Waals surface area contributed by atoms with E-state index in [9.17, 15) is 0 Å². The van der Waals surface area contributed by atoms with Crippen LogP contribution in [-0.4, -0.2) is 38.4 Å². The van der Waals surface area contributed by atoms with Gasteiger partial charge in [-0.15, -0.1) is 0 Å². The summed E-state index contributed by atoms with van der Waals surface area (Å²) < 4.78 is 11.0. The van der Waals surface area contributed by atoms with Crippen molar-refractivity contribution in [3.63, 3.8) is 0 Å². The van der Waals surface area contributed by atoms with Gasteiger partial charge in [0.1, 0.15) is 5.75 Å². The Morgan fingerprint density at radius 2 is 2.20 bits per heavy atom. The number of benzene rings is 1. The fourth-order valence-electron chi connectivity index (χ4n) is 3.37. The molecular weight excluding hydrogens is 330 g/mol. The van der Waals surface area contributed by atoms with Crippen LogP contribution in [0, 0.1) is 6.92 Å². The number of nitrogens with zero attached hydrogens (tertiary/aromatic N) is 1. The lowest BCUT2D eigenvalue weighted by Gasteiger charge is -2.31. The Morgan fingerprint density at radius 1 is 1.32 bits per heavy atom. The van der Waals surface area contributed by atoms with Gasteiger partial charge in [0.15, 0.2) is 6.79 Å². The van der Waals surface area contributed by atoms with Gasteiger partial charge in [0, 0.05) is 18.7 Å². The second-order valence-electron chi connectivity index (χ2n) is 6.69. The molecule has 1 unspecified atom stereocenters. The van der Waals surface area contributed by atoms with E-state index >= 15 is 0 Å². The Hall–Kier alpha value is -1.62. The topological polar surface area (TPSA) is 21.7 Å². The number of likely N-dealkylation sites (tertiary alicyclic amines) is 1. The van der Waals surface area contributed by atoms with Gasteiger partial charge in [-0.05, 0) is 73.5 Å². The average Bonchev–Trinajstić information content (AvgIpc) is 3.14. The standard InChI is InChI=1S/C21H27NO2S/c1-16-7-8-21(24-15-23-3)20(12-16)19(17-9-11-25-14-17)13-18-6-4-5-10-22(18)2/h7-9,11-14,18H,4-6,10,15H2,1-3H3/b19-13+. The lowest BCUT2D eigenvalue weighted by Crippen LogP contribution is -2.34. The highest BCUT2D eigenvalue weighted by Crippen LogP contribution is 2.34. The predicted molar refractivity (Wildman–Crippen MR) is 105 cm³/mol. The summed E-state index contributed by atoms with van der Waals surface area (Å²) in [6, 6.07) is 9.03. The van der Waals surface area contributed by atoms with Crippen molar-refractivity contribution in [3.8, 4) is 5.75 Å². The number of thiophene rings is 1. The Labute approximate surface area is 154 Å². The Bertz CT molecular complexity index is 709. The van der Waals surface area contributed by atoms with Crippen LogP contribution in [0.5, 0.6) is 5.75 Å². The van der Waals surface area contributed by atoms with E-state index in [4.69, 9.17) is 9.47 Å². The van der Waals surface area contributed by atoms with Crippen molar-refractivity contribution < 1.29 is 9.47 Å². The number of hydrogen-bond acceptors (Lipinski definition) is 4. The van der Waals surface area contributed by atoms with Crippen LogP contribution in [0.3, 0.4) is 0 Å². The Kier molecular flexibility index (Phi) is 6.29. The molecule has 2 heterocycles. The summed E-state index contributed by atoms with van der Waals surface area (Å²) in [6.07, 6.45) is 6.23. The highest BCUT2D eigenvalue weighted by Gasteiger charge is 2.20. The Balaban J connectivity index is 2.04. The van der Waals surface area contributed by atoms with Crippen LogP contribution in [-0.2, 0) is 4.74 Å². The molecule has 4 heteroatoms. The van der Waals surface area contributed by atoms with Gasteiger partial charge in [0.2, 0.25) is 0 Å². The number of likely N-dealkylation sites (N-methyl/N-ethyl adjacent to an activating group) is 1. The summed E-state index contributed by atoms with van der Waals surface area (Å²) in [6.45, 7) is 3.55. The zero-order valence-corrected chi connectivity index (χ0v) is 16.1. The minimum absolute atomic E-state index is 0.260. The molecule has 0 radical (unpaired) electrons. The number of aryl methyl sites for hydroxylation is 1. The molecule has 3 nitrogen and oxygen atoms in total. The fourth-order valence-corrected chi connectivity index (χ4v) is 4.02. The third kappa shape index (κ3) is 4.51. The molecule has 1 aliphatic rings. The fraction of sp³-hybridized carbons (Fsp3) is 0.429. The average molecular weight is 358 g/mol. The number of ether oxygens (including phenoxy) is 2. The number of hydrogen-bond donors (Lipinski definition) is 0. The van der Waals surface area contributed by atoms with E-state index in [-0.39, 0.29) is 6.79 Å². The maximum absolute atomic E-state index is 5.86. The largest absolute Gasteiger partial charge is 0.467 e. The van der Waals surface area contributed by atoms with Crippen molar-refractivity contribution in [2.45, 2.75) is 32.2 Å². The van der Waals surface area contributed by atoms with Crippen LogP contribution in [0.2, 0.25) is 0 Å². The molecule has 1 aromatic carbocycles. The molecule has 0 amide bonds. The molecule has 1 aliphatic heterocycles. The van der Waals surface area contributed by atoms with Crippen LogP contribution >= 0.6 is 11.3 Å². The van der Waals surface area contributed by atoms with Crippen molar-refractivity contribution in [1.82, 2.24) is 4.90 Å². The highest BCUT2D eigenvalue weighted by atomic mass is 32.1. The second kappa shape index (κ2) is 8.65. The molecule has 2 aromatic rings. The van der Waals surface area contributed by atoms with Crippen LogP contribution in [0.4, 0.5) is 0 Å². The first-order valence-corrected chi connectivity index (χ1v) is 9.80. The lowest BCUT2D eigenvalue weighted by molar-refractivity contribution is 0.0509. The quantitative estimate of drug-likeness (QED) is 0.682. The molecule has 0 spiro atoms. The van der Waals surface area contributed by atoms with Gasteiger partial charge in [-0.1, -0.05) is 24.1 Å². The van der Waals surface area contributed by atoms with Crippen molar-refractivity contribution in [2.24, 2.45) is 0 Å². The minimum Gasteiger partial charge on any atom is -0.467 e.